The van der Waals surface area contributed by atoms with Gasteiger partial charge in [0.05, 0.1) is 18.7 Å². The molecule has 0 aromatic carbocycles. The Bertz CT molecular complexity index is 668. The van der Waals surface area contributed by atoms with E-state index in [1.807, 2.05) is 13.8 Å². The first-order chi connectivity index (χ1) is 13.4. The van der Waals surface area contributed by atoms with Gasteiger partial charge in [-0.15, -0.1) is 11.3 Å². The molecule has 8 heteroatoms. The first-order valence-electron chi connectivity index (χ1n) is 10.1. The molecule has 2 amide bonds. The SMILES string of the molecule is CCOC(=O)Cc1csc(NC(=O)[C@H](CC(C)C)NC(=O)C2CCCCC2)n1. The van der Waals surface area contributed by atoms with Crippen LogP contribution in [-0.2, 0) is 25.5 Å². The minimum atomic E-state index is -0.591. The number of hydrogen-bond donors (Lipinski definition) is 2. The van der Waals surface area contributed by atoms with Crippen LogP contribution in [0.2, 0.25) is 0 Å². The van der Waals surface area contributed by atoms with Gasteiger partial charge >= 0.3 is 5.97 Å². The molecule has 1 saturated carbocycles. The number of ether oxygens (including phenoxy) is 1. The summed E-state index contributed by atoms with van der Waals surface area (Å²) in [4.78, 5) is 41.2. The molecular formula is C20H31N3O4S. The second kappa shape index (κ2) is 11.1. The second-order valence-corrected chi connectivity index (χ2v) is 8.50. The maximum absolute atomic E-state index is 12.7. The molecule has 0 saturated heterocycles. The molecule has 28 heavy (non-hydrogen) atoms. The number of rotatable bonds is 9. The second-order valence-electron chi connectivity index (χ2n) is 7.64. The molecular weight excluding hydrogens is 378 g/mol. The zero-order chi connectivity index (χ0) is 20.5. The number of esters is 1. The van der Waals surface area contributed by atoms with Crippen LogP contribution in [0.1, 0.15) is 65.0 Å². The summed E-state index contributed by atoms with van der Waals surface area (Å²) in [6.07, 6.45) is 5.75. The number of nitrogens with zero attached hydrogens (tertiary/aromatic N) is 1. The summed E-state index contributed by atoms with van der Waals surface area (Å²) < 4.78 is 4.91. The minimum Gasteiger partial charge on any atom is -0.466 e. The van der Waals surface area contributed by atoms with Gasteiger partial charge in [-0.3, -0.25) is 14.4 Å². The zero-order valence-electron chi connectivity index (χ0n) is 17.0. The Hall–Kier alpha value is -1.96. The standard InChI is InChI=1S/C20H31N3O4S/c1-4-27-17(24)11-15-12-28-20(21-15)23-19(26)16(10-13(2)3)22-18(25)14-8-6-5-7-9-14/h12-14,16H,4-11H2,1-3H3,(H,22,25)(H,21,23,26)/t16-/m0/s1. The Morgan fingerprint density at radius 3 is 2.61 bits per heavy atom. The number of carbonyl (C=O) groups is 3. The van der Waals surface area contributed by atoms with E-state index in [1.165, 1.54) is 17.8 Å². The summed E-state index contributed by atoms with van der Waals surface area (Å²) >= 11 is 1.26. The smallest absolute Gasteiger partial charge is 0.311 e. The van der Waals surface area contributed by atoms with Crippen molar-refractivity contribution in [3.05, 3.63) is 11.1 Å². The fourth-order valence-corrected chi connectivity index (χ4v) is 4.07. The number of thiazole rings is 1. The molecule has 1 atom stereocenters. The van der Waals surface area contributed by atoms with E-state index in [0.717, 1.165) is 25.7 Å². The lowest BCUT2D eigenvalue weighted by Gasteiger charge is -2.25. The van der Waals surface area contributed by atoms with Crippen LogP contribution in [0.4, 0.5) is 5.13 Å². The van der Waals surface area contributed by atoms with E-state index in [0.29, 0.717) is 23.9 Å². The van der Waals surface area contributed by atoms with Gasteiger partial charge in [-0.2, -0.15) is 0 Å². The third kappa shape index (κ3) is 7.22. The molecule has 1 aromatic heterocycles. The molecule has 0 aliphatic heterocycles. The predicted molar refractivity (Wildman–Crippen MR) is 109 cm³/mol. The molecule has 1 aliphatic carbocycles. The Balaban J connectivity index is 1.95. The molecule has 2 N–H and O–H groups in total. The van der Waals surface area contributed by atoms with Crippen LogP contribution in [0.3, 0.4) is 0 Å². The van der Waals surface area contributed by atoms with Gasteiger partial charge in [0, 0.05) is 11.3 Å². The van der Waals surface area contributed by atoms with Crippen molar-refractivity contribution in [1.29, 1.82) is 0 Å². The van der Waals surface area contributed by atoms with Crippen LogP contribution < -0.4 is 10.6 Å². The van der Waals surface area contributed by atoms with E-state index < -0.39 is 6.04 Å². The van der Waals surface area contributed by atoms with E-state index in [4.69, 9.17) is 4.74 Å². The Labute approximate surface area is 170 Å². The van der Waals surface area contributed by atoms with Crippen molar-refractivity contribution in [2.75, 3.05) is 11.9 Å². The highest BCUT2D eigenvalue weighted by Crippen LogP contribution is 2.24. The average molecular weight is 410 g/mol. The summed E-state index contributed by atoms with van der Waals surface area (Å²) in [6, 6.07) is -0.591. The zero-order valence-corrected chi connectivity index (χ0v) is 17.8. The first kappa shape index (κ1) is 22.3. The quantitative estimate of drug-likeness (QED) is 0.610. The summed E-state index contributed by atoms with van der Waals surface area (Å²) in [5, 5.41) is 7.88. The topological polar surface area (TPSA) is 97.4 Å². The maximum atomic E-state index is 12.7. The maximum Gasteiger partial charge on any atom is 0.311 e. The number of carbonyl (C=O) groups excluding carboxylic acids is 3. The van der Waals surface area contributed by atoms with Crippen molar-refractivity contribution in [1.82, 2.24) is 10.3 Å². The third-order valence-corrected chi connectivity index (χ3v) is 5.54. The van der Waals surface area contributed by atoms with Crippen LogP contribution in [0.5, 0.6) is 0 Å². The molecule has 1 fully saturated rings. The lowest BCUT2D eigenvalue weighted by atomic mass is 9.88. The summed E-state index contributed by atoms with van der Waals surface area (Å²) in [5.74, 6) is -0.369. The van der Waals surface area contributed by atoms with Crippen LogP contribution >= 0.6 is 11.3 Å². The molecule has 1 aliphatic rings. The van der Waals surface area contributed by atoms with Crippen molar-refractivity contribution in [2.24, 2.45) is 11.8 Å². The van der Waals surface area contributed by atoms with Crippen molar-refractivity contribution >= 4 is 34.3 Å². The molecule has 0 radical (unpaired) electrons. The first-order valence-corrected chi connectivity index (χ1v) is 11.0. The van der Waals surface area contributed by atoms with Gasteiger partial charge in [0.2, 0.25) is 11.8 Å². The molecule has 7 nitrogen and oxygen atoms in total. The molecule has 0 unspecified atom stereocenters. The molecule has 0 spiro atoms. The monoisotopic (exact) mass is 409 g/mol. The van der Waals surface area contributed by atoms with Crippen molar-refractivity contribution in [2.45, 2.75) is 71.8 Å². The highest BCUT2D eigenvalue weighted by molar-refractivity contribution is 7.13. The third-order valence-electron chi connectivity index (χ3n) is 4.73. The van der Waals surface area contributed by atoms with Crippen LogP contribution in [-0.4, -0.2) is 35.4 Å². The van der Waals surface area contributed by atoms with Gasteiger partial charge in [0.1, 0.15) is 6.04 Å². The number of amides is 2. The molecule has 0 bridgehead atoms. The average Bonchev–Trinajstić information content (AvgIpc) is 3.08. The number of aromatic nitrogens is 1. The Morgan fingerprint density at radius 1 is 1.25 bits per heavy atom. The summed E-state index contributed by atoms with van der Waals surface area (Å²) in [6.45, 7) is 6.12. The van der Waals surface area contributed by atoms with E-state index in [9.17, 15) is 14.4 Å². The van der Waals surface area contributed by atoms with Gasteiger partial charge in [0.15, 0.2) is 5.13 Å². The highest BCUT2D eigenvalue weighted by atomic mass is 32.1. The van der Waals surface area contributed by atoms with Crippen molar-refractivity contribution < 1.29 is 19.1 Å². The van der Waals surface area contributed by atoms with E-state index in [-0.39, 0.29) is 36.0 Å². The normalized spacial score (nSPS) is 15.9. The Kier molecular flexibility index (Phi) is 8.89. The molecule has 2 rings (SSSR count). The van der Waals surface area contributed by atoms with Gasteiger partial charge in [0.25, 0.3) is 0 Å². The minimum absolute atomic E-state index is 0.00672. The van der Waals surface area contributed by atoms with E-state index in [2.05, 4.69) is 15.6 Å². The van der Waals surface area contributed by atoms with Crippen molar-refractivity contribution in [3.63, 3.8) is 0 Å². The fraction of sp³-hybridized carbons (Fsp3) is 0.700. The highest BCUT2D eigenvalue weighted by Gasteiger charge is 2.27. The summed E-state index contributed by atoms with van der Waals surface area (Å²) in [7, 11) is 0. The van der Waals surface area contributed by atoms with E-state index in [1.54, 1.807) is 12.3 Å². The molecule has 1 heterocycles. The lowest BCUT2D eigenvalue weighted by molar-refractivity contribution is -0.142. The van der Waals surface area contributed by atoms with Gasteiger partial charge in [-0.05, 0) is 32.1 Å². The van der Waals surface area contributed by atoms with E-state index >= 15 is 0 Å². The van der Waals surface area contributed by atoms with Gasteiger partial charge < -0.3 is 15.4 Å². The fourth-order valence-electron chi connectivity index (χ4n) is 3.36. The largest absolute Gasteiger partial charge is 0.466 e. The number of nitrogens with one attached hydrogen (secondary N) is 2. The van der Waals surface area contributed by atoms with Gasteiger partial charge in [-0.25, -0.2) is 4.98 Å². The Morgan fingerprint density at radius 2 is 1.96 bits per heavy atom. The molecule has 1 aromatic rings. The summed E-state index contributed by atoms with van der Waals surface area (Å²) in [5.41, 5.74) is 0.561. The number of hydrogen-bond acceptors (Lipinski definition) is 6. The molecule has 156 valence electrons. The van der Waals surface area contributed by atoms with Crippen molar-refractivity contribution in [3.8, 4) is 0 Å². The van der Waals surface area contributed by atoms with Crippen LogP contribution in [0, 0.1) is 11.8 Å². The van der Waals surface area contributed by atoms with Gasteiger partial charge in [-0.1, -0.05) is 33.1 Å². The predicted octanol–water partition coefficient (Wildman–Crippen LogP) is 3.30. The van der Waals surface area contributed by atoms with Crippen LogP contribution in [0.25, 0.3) is 0 Å². The lowest BCUT2D eigenvalue weighted by Crippen LogP contribution is -2.47. The van der Waals surface area contributed by atoms with Crippen LogP contribution in [0.15, 0.2) is 5.38 Å². The number of anilines is 1.